The van der Waals surface area contributed by atoms with Crippen LogP contribution >= 0.6 is 0 Å². The number of methoxy groups -OCH3 is 1. The van der Waals surface area contributed by atoms with Gasteiger partial charge in [0.2, 0.25) is 0 Å². The van der Waals surface area contributed by atoms with E-state index in [9.17, 15) is 18.0 Å². The molecule has 1 atom stereocenters. The zero-order valence-corrected chi connectivity index (χ0v) is 19.7. The SMILES string of the molecule is COc1cccc(C(=O)N2CCN(C3=Nc4ccc(C(F)(F)F)cc4Oc4ccccc43)CC2C)c1. The first-order valence-electron chi connectivity index (χ1n) is 11.5. The summed E-state index contributed by atoms with van der Waals surface area (Å²) in [6.07, 6.45) is -4.49. The van der Waals surface area contributed by atoms with E-state index in [1.807, 2.05) is 24.0 Å². The van der Waals surface area contributed by atoms with Crippen molar-refractivity contribution >= 4 is 17.4 Å². The van der Waals surface area contributed by atoms with Gasteiger partial charge in [-0.3, -0.25) is 4.79 Å². The van der Waals surface area contributed by atoms with Crippen LogP contribution < -0.4 is 9.47 Å². The molecule has 186 valence electrons. The number of piperazine rings is 1. The van der Waals surface area contributed by atoms with Crippen LogP contribution in [0.25, 0.3) is 0 Å². The maximum Gasteiger partial charge on any atom is 0.416 e. The fourth-order valence-electron chi connectivity index (χ4n) is 4.51. The molecule has 1 fully saturated rings. The Labute approximate surface area is 206 Å². The lowest BCUT2D eigenvalue weighted by atomic mass is 10.1. The Morgan fingerprint density at radius 2 is 1.83 bits per heavy atom. The van der Waals surface area contributed by atoms with Crippen LogP contribution in [0, 0.1) is 0 Å². The van der Waals surface area contributed by atoms with Crippen LogP contribution in [0.3, 0.4) is 0 Å². The third kappa shape index (κ3) is 4.48. The van der Waals surface area contributed by atoms with Crippen LogP contribution in [0.2, 0.25) is 0 Å². The van der Waals surface area contributed by atoms with Gasteiger partial charge in [0.25, 0.3) is 5.91 Å². The van der Waals surface area contributed by atoms with E-state index in [0.717, 1.165) is 12.1 Å². The molecule has 9 heteroatoms. The summed E-state index contributed by atoms with van der Waals surface area (Å²) in [5.41, 5.74) is 0.754. The first kappa shape index (κ1) is 23.7. The highest BCUT2D eigenvalue weighted by molar-refractivity contribution is 6.04. The normalized spacial score (nSPS) is 17.4. The predicted molar refractivity (Wildman–Crippen MR) is 129 cm³/mol. The first-order chi connectivity index (χ1) is 17.2. The highest BCUT2D eigenvalue weighted by atomic mass is 19.4. The predicted octanol–water partition coefficient (Wildman–Crippen LogP) is 5.74. The van der Waals surface area contributed by atoms with Crippen molar-refractivity contribution < 1.29 is 27.4 Å². The number of amidine groups is 1. The summed E-state index contributed by atoms with van der Waals surface area (Å²) in [7, 11) is 1.56. The van der Waals surface area contributed by atoms with E-state index < -0.39 is 11.7 Å². The number of aliphatic imine (C=N–C) groups is 1. The molecule has 3 aromatic rings. The van der Waals surface area contributed by atoms with Crippen LogP contribution in [0.1, 0.15) is 28.4 Å². The number of fused-ring (bicyclic) bond motifs is 2. The lowest BCUT2D eigenvalue weighted by molar-refractivity contribution is -0.137. The van der Waals surface area contributed by atoms with Crippen LogP contribution in [-0.2, 0) is 6.18 Å². The molecule has 5 rings (SSSR count). The van der Waals surface area contributed by atoms with E-state index in [0.29, 0.717) is 53.8 Å². The van der Waals surface area contributed by atoms with E-state index >= 15 is 0 Å². The van der Waals surface area contributed by atoms with Gasteiger partial charge in [0, 0.05) is 31.2 Å². The van der Waals surface area contributed by atoms with Gasteiger partial charge in [-0.05, 0) is 55.5 Å². The number of hydrogen-bond acceptors (Lipinski definition) is 5. The Morgan fingerprint density at radius 1 is 1.03 bits per heavy atom. The summed E-state index contributed by atoms with van der Waals surface area (Å²) in [4.78, 5) is 21.8. The lowest BCUT2D eigenvalue weighted by Gasteiger charge is -2.41. The Kier molecular flexibility index (Phi) is 6.07. The van der Waals surface area contributed by atoms with Crippen molar-refractivity contribution in [1.82, 2.24) is 9.80 Å². The number of benzene rings is 3. The van der Waals surface area contributed by atoms with Gasteiger partial charge < -0.3 is 19.3 Å². The summed E-state index contributed by atoms with van der Waals surface area (Å²) in [6.45, 7) is 3.43. The van der Waals surface area contributed by atoms with Crippen LogP contribution in [0.4, 0.5) is 18.9 Å². The molecule has 0 aliphatic carbocycles. The van der Waals surface area contributed by atoms with Gasteiger partial charge in [-0.25, -0.2) is 4.99 Å². The van der Waals surface area contributed by atoms with Crippen LogP contribution in [0.5, 0.6) is 17.2 Å². The second-order valence-corrected chi connectivity index (χ2v) is 8.74. The van der Waals surface area contributed by atoms with Crippen molar-refractivity contribution in [2.45, 2.75) is 19.1 Å². The molecule has 1 amide bonds. The quantitative estimate of drug-likeness (QED) is 0.455. The van der Waals surface area contributed by atoms with Gasteiger partial charge in [0.05, 0.1) is 18.2 Å². The van der Waals surface area contributed by atoms with Gasteiger partial charge in [0.15, 0.2) is 5.75 Å². The zero-order valence-electron chi connectivity index (χ0n) is 19.7. The summed E-state index contributed by atoms with van der Waals surface area (Å²) >= 11 is 0. The van der Waals surface area contributed by atoms with Crippen LogP contribution in [0.15, 0.2) is 71.7 Å². The number of alkyl halides is 3. The number of hydrogen-bond donors (Lipinski definition) is 0. The molecule has 0 spiro atoms. The number of para-hydroxylation sites is 1. The molecule has 0 N–H and O–H groups in total. The molecule has 0 aromatic heterocycles. The molecule has 0 bridgehead atoms. The Hall–Kier alpha value is -4.01. The van der Waals surface area contributed by atoms with E-state index in [1.54, 1.807) is 43.5 Å². The van der Waals surface area contributed by atoms with E-state index in [1.165, 1.54) is 6.07 Å². The molecule has 6 nitrogen and oxygen atoms in total. The first-order valence-corrected chi connectivity index (χ1v) is 11.5. The summed E-state index contributed by atoms with van der Waals surface area (Å²) in [6, 6.07) is 17.4. The topological polar surface area (TPSA) is 54.4 Å². The van der Waals surface area contributed by atoms with Gasteiger partial charge in [0.1, 0.15) is 23.0 Å². The summed E-state index contributed by atoms with van der Waals surface area (Å²) in [5.74, 6) is 1.61. The van der Waals surface area contributed by atoms with Crippen molar-refractivity contribution in [1.29, 1.82) is 0 Å². The highest BCUT2D eigenvalue weighted by Crippen LogP contribution is 2.42. The van der Waals surface area contributed by atoms with Gasteiger partial charge in [-0.2, -0.15) is 13.2 Å². The molecule has 1 unspecified atom stereocenters. The second kappa shape index (κ2) is 9.22. The Balaban J connectivity index is 1.45. The molecule has 2 aliphatic heterocycles. The molecule has 36 heavy (non-hydrogen) atoms. The number of carbonyl (C=O) groups is 1. The third-order valence-electron chi connectivity index (χ3n) is 6.37. The van der Waals surface area contributed by atoms with Gasteiger partial charge in [-0.15, -0.1) is 0 Å². The van der Waals surface area contributed by atoms with E-state index in [2.05, 4.69) is 4.90 Å². The minimum absolute atomic E-state index is 0.0483. The van der Waals surface area contributed by atoms with Crippen molar-refractivity contribution in [3.8, 4) is 17.2 Å². The summed E-state index contributed by atoms with van der Waals surface area (Å²) in [5, 5.41) is 0. The summed E-state index contributed by atoms with van der Waals surface area (Å²) < 4.78 is 51.0. The molecule has 0 saturated carbocycles. The average molecular weight is 496 g/mol. The molecule has 2 aliphatic rings. The van der Waals surface area contributed by atoms with Crippen molar-refractivity contribution in [2.24, 2.45) is 4.99 Å². The molecule has 0 radical (unpaired) electrons. The molecule has 1 saturated heterocycles. The molecular formula is C27H24F3N3O3. The third-order valence-corrected chi connectivity index (χ3v) is 6.37. The molecular weight excluding hydrogens is 471 g/mol. The Morgan fingerprint density at radius 3 is 2.58 bits per heavy atom. The van der Waals surface area contributed by atoms with Crippen molar-refractivity contribution in [3.63, 3.8) is 0 Å². The number of ether oxygens (including phenoxy) is 2. The largest absolute Gasteiger partial charge is 0.497 e. The smallest absolute Gasteiger partial charge is 0.416 e. The van der Waals surface area contributed by atoms with Crippen molar-refractivity contribution in [2.75, 3.05) is 26.7 Å². The standard InChI is InChI=1S/C27H24F3N3O3/c1-17-16-32(12-13-33(17)26(34)18-6-5-7-20(14-18)35-2)25-21-8-3-4-9-23(21)36-24-15-19(27(28,29)30)10-11-22(24)31-25/h3-11,14-15,17H,12-13,16H2,1-2H3. The van der Waals surface area contributed by atoms with Gasteiger partial charge in [-0.1, -0.05) is 18.2 Å². The zero-order chi connectivity index (χ0) is 25.4. The van der Waals surface area contributed by atoms with Gasteiger partial charge >= 0.3 is 6.18 Å². The molecule has 2 heterocycles. The maximum atomic E-state index is 13.3. The average Bonchev–Trinajstić information content (AvgIpc) is 3.04. The van der Waals surface area contributed by atoms with Crippen molar-refractivity contribution in [3.05, 3.63) is 83.4 Å². The van der Waals surface area contributed by atoms with E-state index in [-0.39, 0.29) is 17.7 Å². The Bertz CT molecular complexity index is 1340. The fraction of sp³-hybridized carbons (Fsp3) is 0.259. The second-order valence-electron chi connectivity index (χ2n) is 8.74. The maximum absolute atomic E-state index is 13.3. The number of amides is 1. The number of nitrogens with zero attached hydrogens (tertiary/aromatic N) is 3. The van der Waals surface area contributed by atoms with Crippen LogP contribution in [-0.4, -0.2) is 54.3 Å². The van der Waals surface area contributed by atoms with E-state index in [4.69, 9.17) is 14.5 Å². The number of halogens is 3. The minimum atomic E-state index is -4.49. The fourth-order valence-corrected chi connectivity index (χ4v) is 4.51. The number of rotatable bonds is 2. The lowest BCUT2D eigenvalue weighted by Crippen LogP contribution is -2.55. The minimum Gasteiger partial charge on any atom is -0.497 e. The number of carbonyl (C=O) groups excluding carboxylic acids is 1. The highest BCUT2D eigenvalue weighted by Gasteiger charge is 2.34. The molecule has 3 aromatic carbocycles. The monoisotopic (exact) mass is 495 g/mol.